The van der Waals surface area contributed by atoms with Gasteiger partial charge in [0.25, 0.3) is 5.69 Å². The van der Waals surface area contributed by atoms with Crippen molar-refractivity contribution in [2.24, 2.45) is 0 Å². The van der Waals surface area contributed by atoms with E-state index >= 15 is 0 Å². The number of nitro benzene ring substituents is 1. The van der Waals surface area contributed by atoms with Gasteiger partial charge in [-0.2, -0.15) is 0 Å². The van der Waals surface area contributed by atoms with Crippen molar-refractivity contribution in [3.05, 3.63) is 63.1 Å². The summed E-state index contributed by atoms with van der Waals surface area (Å²) in [7, 11) is 0. The molecule has 0 atom stereocenters. The summed E-state index contributed by atoms with van der Waals surface area (Å²) in [6, 6.07) is 6.46. The highest BCUT2D eigenvalue weighted by Gasteiger charge is 2.15. The number of nitro groups is 1. The summed E-state index contributed by atoms with van der Waals surface area (Å²) in [5.41, 5.74) is 2.00. The molecular formula is C14H14N2O5. The number of hydrogen-bond acceptors (Lipinski definition) is 5. The van der Waals surface area contributed by atoms with Crippen LogP contribution in [0.5, 0.6) is 0 Å². The summed E-state index contributed by atoms with van der Waals surface area (Å²) < 4.78 is 4.87. The largest absolute Gasteiger partial charge is 0.475 e. The van der Waals surface area contributed by atoms with Crippen molar-refractivity contribution in [3.8, 4) is 0 Å². The Hall–Kier alpha value is -2.67. The van der Waals surface area contributed by atoms with Crippen LogP contribution < -0.4 is 5.32 Å². The molecule has 0 radical (unpaired) electrons. The highest BCUT2D eigenvalue weighted by atomic mass is 16.6. The molecule has 0 spiro atoms. The quantitative estimate of drug-likeness (QED) is 0.625. The number of benzene rings is 1. The van der Waals surface area contributed by atoms with Crippen LogP contribution >= 0.6 is 0 Å². The summed E-state index contributed by atoms with van der Waals surface area (Å²) in [5.74, 6) is -1.22. The van der Waals surface area contributed by atoms with Gasteiger partial charge in [-0.1, -0.05) is 12.1 Å². The molecule has 2 N–H and O–H groups in total. The fourth-order valence-electron chi connectivity index (χ4n) is 2.05. The van der Waals surface area contributed by atoms with Crippen LogP contribution in [0.2, 0.25) is 0 Å². The van der Waals surface area contributed by atoms with Crippen molar-refractivity contribution in [3.63, 3.8) is 0 Å². The van der Waals surface area contributed by atoms with Gasteiger partial charge in [-0.3, -0.25) is 10.1 Å². The molecule has 7 heteroatoms. The lowest BCUT2D eigenvalue weighted by atomic mass is 10.1. The van der Waals surface area contributed by atoms with E-state index in [1.807, 2.05) is 0 Å². The molecule has 110 valence electrons. The minimum Gasteiger partial charge on any atom is -0.475 e. The van der Waals surface area contributed by atoms with Gasteiger partial charge in [-0.25, -0.2) is 4.79 Å². The van der Waals surface area contributed by atoms with E-state index in [0.717, 1.165) is 5.56 Å². The van der Waals surface area contributed by atoms with Crippen molar-refractivity contribution in [2.75, 3.05) is 0 Å². The van der Waals surface area contributed by atoms with Gasteiger partial charge in [0.15, 0.2) is 0 Å². The lowest BCUT2D eigenvalue weighted by molar-refractivity contribution is -0.385. The molecule has 0 aliphatic heterocycles. The standard InChI is InChI=1S/C14H14N2O5/c1-9-10(3-2-4-12(9)16(19)20)7-15-8-11-5-6-21-13(11)14(17)18/h2-6,15H,7-8H2,1H3,(H,17,18). The van der Waals surface area contributed by atoms with Crippen molar-refractivity contribution in [1.82, 2.24) is 5.32 Å². The summed E-state index contributed by atoms with van der Waals surface area (Å²) in [6.45, 7) is 2.40. The van der Waals surface area contributed by atoms with E-state index in [2.05, 4.69) is 5.32 Å². The normalized spacial score (nSPS) is 10.5. The molecule has 0 saturated heterocycles. The highest BCUT2D eigenvalue weighted by Crippen LogP contribution is 2.21. The third-order valence-electron chi connectivity index (χ3n) is 3.19. The van der Waals surface area contributed by atoms with E-state index in [1.165, 1.54) is 12.3 Å². The lowest BCUT2D eigenvalue weighted by Crippen LogP contribution is -2.15. The first-order chi connectivity index (χ1) is 10.0. The first-order valence-corrected chi connectivity index (χ1v) is 6.24. The molecule has 1 aromatic carbocycles. The van der Waals surface area contributed by atoms with Crippen LogP contribution in [0.4, 0.5) is 5.69 Å². The number of carboxylic acid groups (broad SMARTS) is 1. The molecular weight excluding hydrogens is 276 g/mol. The summed E-state index contributed by atoms with van der Waals surface area (Å²) in [5, 5.41) is 22.8. The Kier molecular flexibility index (Phi) is 4.34. The number of nitrogens with one attached hydrogen (secondary N) is 1. The maximum Gasteiger partial charge on any atom is 0.372 e. The molecule has 0 fully saturated rings. The number of nitrogens with zero attached hydrogens (tertiary/aromatic N) is 1. The molecule has 0 amide bonds. The average Bonchev–Trinajstić information content (AvgIpc) is 2.89. The van der Waals surface area contributed by atoms with Crippen LogP contribution in [0.3, 0.4) is 0 Å². The Balaban J connectivity index is 2.04. The Morgan fingerprint density at radius 2 is 2.05 bits per heavy atom. The maximum atomic E-state index is 10.9. The van der Waals surface area contributed by atoms with Crippen molar-refractivity contribution < 1.29 is 19.2 Å². The number of furan rings is 1. The second-order valence-electron chi connectivity index (χ2n) is 4.50. The van der Waals surface area contributed by atoms with Gasteiger partial charge in [0, 0.05) is 30.3 Å². The van der Waals surface area contributed by atoms with Gasteiger partial charge in [-0.05, 0) is 18.6 Å². The number of rotatable bonds is 6. The predicted octanol–water partition coefficient (Wildman–Crippen LogP) is 2.48. The van der Waals surface area contributed by atoms with E-state index < -0.39 is 10.9 Å². The predicted molar refractivity (Wildman–Crippen MR) is 74.0 cm³/mol. The van der Waals surface area contributed by atoms with Crippen LogP contribution in [-0.4, -0.2) is 16.0 Å². The van der Waals surface area contributed by atoms with Crippen molar-refractivity contribution >= 4 is 11.7 Å². The number of carboxylic acids is 1. The molecule has 1 aromatic heterocycles. The second-order valence-corrected chi connectivity index (χ2v) is 4.50. The zero-order valence-corrected chi connectivity index (χ0v) is 11.3. The average molecular weight is 290 g/mol. The second kappa shape index (κ2) is 6.19. The maximum absolute atomic E-state index is 10.9. The monoisotopic (exact) mass is 290 g/mol. The SMILES string of the molecule is Cc1c(CNCc2ccoc2C(=O)O)cccc1[N+](=O)[O-]. The Morgan fingerprint density at radius 3 is 2.71 bits per heavy atom. The summed E-state index contributed by atoms with van der Waals surface area (Å²) in [6.07, 6.45) is 1.32. The molecule has 0 aliphatic rings. The fraction of sp³-hybridized carbons (Fsp3) is 0.214. The van der Waals surface area contributed by atoms with Gasteiger partial charge in [0.1, 0.15) is 0 Å². The lowest BCUT2D eigenvalue weighted by Gasteiger charge is -2.07. The molecule has 0 unspecified atom stereocenters. The van der Waals surface area contributed by atoms with E-state index in [-0.39, 0.29) is 11.4 Å². The van der Waals surface area contributed by atoms with Gasteiger partial charge in [0.05, 0.1) is 11.2 Å². The van der Waals surface area contributed by atoms with E-state index in [4.69, 9.17) is 9.52 Å². The summed E-state index contributed by atoms with van der Waals surface area (Å²) in [4.78, 5) is 21.3. The van der Waals surface area contributed by atoms with Crippen molar-refractivity contribution in [1.29, 1.82) is 0 Å². The molecule has 0 saturated carbocycles. The van der Waals surface area contributed by atoms with Crippen LogP contribution in [0.25, 0.3) is 0 Å². The molecule has 0 bridgehead atoms. The zero-order valence-electron chi connectivity index (χ0n) is 11.3. The minimum absolute atomic E-state index is 0.0730. The van der Waals surface area contributed by atoms with Gasteiger partial charge < -0.3 is 14.8 Å². The minimum atomic E-state index is -1.12. The van der Waals surface area contributed by atoms with E-state index in [1.54, 1.807) is 25.1 Å². The highest BCUT2D eigenvalue weighted by molar-refractivity contribution is 5.86. The first-order valence-electron chi connectivity index (χ1n) is 6.24. The van der Waals surface area contributed by atoms with Crippen LogP contribution in [0, 0.1) is 17.0 Å². The van der Waals surface area contributed by atoms with Gasteiger partial charge >= 0.3 is 5.97 Å². The summed E-state index contributed by atoms with van der Waals surface area (Å²) >= 11 is 0. The topological polar surface area (TPSA) is 106 Å². The Morgan fingerprint density at radius 1 is 1.33 bits per heavy atom. The van der Waals surface area contributed by atoms with Gasteiger partial charge in [-0.15, -0.1) is 0 Å². The number of hydrogen-bond donors (Lipinski definition) is 2. The first kappa shape index (κ1) is 14.7. The number of carbonyl (C=O) groups is 1. The van der Waals surface area contributed by atoms with E-state index in [9.17, 15) is 14.9 Å². The third kappa shape index (κ3) is 3.26. The Labute approximate surface area is 120 Å². The van der Waals surface area contributed by atoms with Crippen LogP contribution in [0.1, 0.15) is 27.2 Å². The molecule has 2 aromatic rings. The van der Waals surface area contributed by atoms with E-state index in [0.29, 0.717) is 24.2 Å². The third-order valence-corrected chi connectivity index (χ3v) is 3.19. The van der Waals surface area contributed by atoms with Crippen molar-refractivity contribution in [2.45, 2.75) is 20.0 Å². The molecule has 2 rings (SSSR count). The molecule has 0 aliphatic carbocycles. The zero-order chi connectivity index (χ0) is 15.4. The number of aromatic carboxylic acids is 1. The smallest absolute Gasteiger partial charge is 0.372 e. The molecule has 1 heterocycles. The fourth-order valence-corrected chi connectivity index (χ4v) is 2.05. The molecule has 21 heavy (non-hydrogen) atoms. The van der Waals surface area contributed by atoms with Crippen LogP contribution in [-0.2, 0) is 13.1 Å². The van der Waals surface area contributed by atoms with Crippen LogP contribution in [0.15, 0.2) is 34.9 Å². The molecule has 7 nitrogen and oxygen atoms in total. The van der Waals surface area contributed by atoms with Gasteiger partial charge in [0.2, 0.25) is 5.76 Å². The Bertz CT molecular complexity index is 678.